The van der Waals surface area contributed by atoms with E-state index in [9.17, 15) is 19.2 Å². The van der Waals surface area contributed by atoms with Crippen molar-refractivity contribution in [3.05, 3.63) is 90.6 Å². The van der Waals surface area contributed by atoms with Crippen molar-refractivity contribution in [2.24, 2.45) is 5.41 Å². The van der Waals surface area contributed by atoms with Gasteiger partial charge in [0.25, 0.3) is 5.56 Å². The first-order valence-electron chi connectivity index (χ1n) is 9.40. The zero-order valence-corrected chi connectivity index (χ0v) is 17.8. The van der Waals surface area contributed by atoms with Gasteiger partial charge in [0.1, 0.15) is 10.5 Å². The molecule has 0 atom stereocenters. The Labute approximate surface area is 177 Å². The van der Waals surface area contributed by atoms with Crippen molar-refractivity contribution < 1.29 is 9.18 Å². The molecule has 0 saturated heterocycles. The molecule has 0 N–H and O–H groups in total. The largest absolute Gasteiger partial charge is 0.294 e. The number of hydrogen-bond donors (Lipinski definition) is 0. The second kappa shape index (κ2) is 8.60. The van der Waals surface area contributed by atoms with Gasteiger partial charge in [0, 0.05) is 11.5 Å². The van der Waals surface area contributed by atoms with E-state index in [0.717, 1.165) is 0 Å². The van der Waals surface area contributed by atoms with E-state index >= 15 is 0 Å². The zero-order chi connectivity index (χ0) is 21.9. The summed E-state index contributed by atoms with van der Waals surface area (Å²) in [4.78, 5) is 25.8. The summed E-state index contributed by atoms with van der Waals surface area (Å²) in [5.74, 6) is -0.498. The van der Waals surface area contributed by atoms with Crippen LogP contribution in [0, 0.1) is 22.6 Å². The molecule has 0 aliphatic heterocycles. The van der Waals surface area contributed by atoms with E-state index in [1.165, 1.54) is 34.1 Å². The van der Waals surface area contributed by atoms with E-state index in [0.29, 0.717) is 25.9 Å². The minimum Gasteiger partial charge on any atom is -0.294 e. The second-order valence-electron chi connectivity index (χ2n) is 7.92. The number of rotatable bonds is 4. The molecule has 3 aromatic rings. The Morgan fingerprint density at radius 1 is 1.20 bits per heavy atom. The normalized spacial score (nSPS) is 12.8. The van der Waals surface area contributed by atoms with Crippen LogP contribution in [0.4, 0.5) is 4.39 Å². The van der Waals surface area contributed by atoms with Crippen molar-refractivity contribution >= 4 is 29.3 Å². The first-order valence-corrected chi connectivity index (χ1v) is 10.2. The maximum Gasteiger partial charge on any atom is 0.269 e. The lowest BCUT2D eigenvalue weighted by Crippen LogP contribution is -2.33. The Bertz CT molecular complexity index is 1320. The van der Waals surface area contributed by atoms with Gasteiger partial charge in [-0.05, 0) is 35.4 Å². The molecular formula is C24H21FN2O2S. The smallest absolute Gasteiger partial charge is 0.269 e. The van der Waals surface area contributed by atoms with Crippen LogP contribution < -0.4 is 14.8 Å². The van der Waals surface area contributed by atoms with Crippen LogP contribution in [0.2, 0.25) is 0 Å². The minimum atomic E-state index is -0.595. The standard InChI is InChI=1S/C24H21FN2O2S/c1-24(2,3)21(28)13-22-27(15-18-9-5-4-8-17(18)14-26)23(29)20(30-22)12-16-7-6-10-19(25)11-16/h4-13H,15H2,1-3H3/b20-12+,22-13-. The van der Waals surface area contributed by atoms with Crippen molar-refractivity contribution in [1.82, 2.24) is 4.57 Å². The summed E-state index contributed by atoms with van der Waals surface area (Å²) in [5, 5.41) is 9.37. The Hall–Kier alpha value is -3.30. The van der Waals surface area contributed by atoms with Gasteiger partial charge in [-0.15, -0.1) is 11.3 Å². The molecule has 0 radical (unpaired) electrons. The first kappa shape index (κ1) is 21.4. The summed E-state index contributed by atoms with van der Waals surface area (Å²) in [6.45, 7) is 5.60. The Kier molecular flexibility index (Phi) is 6.14. The molecule has 1 aromatic heterocycles. The predicted octanol–water partition coefficient (Wildman–Crippen LogP) is 3.19. The summed E-state index contributed by atoms with van der Waals surface area (Å²) < 4.78 is 15.9. The van der Waals surface area contributed by atoms with E-state index in [2.05, 4.69) is 6.07 Å². The number of hydrogen-bond acceptors (Lipinski definition) is 4. The van der Waals surface area contributed by atoms with Gasteiger partial charge in [0.15, 0.2) is 5.78 Å². The van der Waals surface area contributed by atoms with Crippen LogP contribution in [-0.2, 0) is 11.3 Å². The van der Waals surface area contributed by atoms with Gasteiger partial charge in [-0.3, -0.25) is 14.2 Å². The van der Waals surface area contributed by atoms with Gasteiger partial charge in [-0.25, -0.2) is 4.39 Å². The highest BCUT2D eigenvalue weighted by Crippen LogP contribution is 2.15. The molecular weight excluding hydrogens is 399 g/mol. The van der Waals surface area contributed by atoms with Crippen molar-refractivity contribution in [2.45, 2.75) is 27.3 Å². The molecule has 0 unspecified atom stereocenters. The zero-order valence-electron chi connectivity index (χ0n) is 17.0. The molecule has 0 saturated carbocycles. The van der Waals surface area contributed by atoms with E-state index in [1.54, 1.807) is 42.5 Å². The number of carbonyl (C=O) groups excluding carboxylic acids is 1. The molecule has 2 aromatic carbocycles. The monoisotopic (exact) mass is 420 g/mol. The van der Waals surface area contributed by atoms with Gasteiger partial charge in [0.2, 0.25) is 0 Å². The number of carbonyl (C=O) groups is 1. The third-order valence-corrected chi connectivity index (χ3v) is 5.60. The molecule has 30 heavy (non-hydrogen) atoms. The van der Waals surface area contributed by atoms with Crippen molar-refractivity contribution in [3.8, 4) is 6.07 Å². The fraction of sp³-hybridized carbons (Fsp3) is 0.208. The van der Waals surface area contributed by atoms with E-state index < -0.39 is 11.2 Å². The fourth-order valence-corrected chi connectivity index (χ4v) is 3.85. The highest BCUT2D eigenvalue weighted by Gasteiger charge is 2.19. The number of Topliss-reactive ketones (excluding diaryl/α,β-unsaturated/α-hetero) is 1. The molecule has 0 aliphatic rings. The second-order valence-corrected chi connectivity index (χ2v) is 8.98. The number of aromatic nitrogens is 1. The molecule has 6 heteroatoms. The average Bonchev–Trinajstić information content (AvgIpc) is 2.96. The topological polar surface area (TPSA) is 62.9 Å². The van der Waals surface area contributed by atoms with E-state index in [1.807, 2.05) is 20.8 Å². The van der Waals surface area contributed by atoms with Crippen LogP contribution in [0.1, 0.15) is 37.5 Å². The molecule has 0 spiro atoms. The van der Waals surface area contributed by atoms with Gasteiger partial charge in [-0.1, -0.05) is 51.1 Å². The number of benzene rings is 2. The van der Waals surface area contributed by atoms with Crippen molar-refractivity contribution in [3.63, 3.8) is 0 Å². The average molecular weight is 421 g/mol. The Morgan fingerprint density at radius 2 is 1.93 bits per heavy atom. The van der Waals surface area contributed by atoms with E-state index in [-0.39, 0.29) is 17.9 Å². The van der Waals surface area contributed by atoms with Crippen LogP contribution in [0.5, 0.6) is 0 Å². The van der Waals surface area contributed by atoms with Crippen LogP contribution >= 0.6 is 11.3 Å². The summed E-state index contributed by atoms with van der Waals surface area (Å²) in [7, 11) is 0. The lowest BCUT2D eigenvalue weighted by molar-refractivity contribution is -0.120. The summed E-state index contributed by atoms with van der Waals surface area (Å²) in [6, 6.07) is 15.1. The van der Waals surface area contributed by atoms with Gasteiger partial charge in [0.05, 0.1) is 22.7 Å². The highest BCUT2D eigenvalue weighted by molar-refractivity contribution is 7.07. The number of nitriles is 1. The van der Waals surface area contributed by atoms with Crippen LogP contribution in [0.15, 0.2) is 53.3 Å². The van der Waals surface area contributed by atoms with Crippen LogP contribution in [-0.4, -0.2) is 10.4 Å². The maximum atomic E-state index is 13.5. The fourth-order valence-electron chi connectivity index (χ4n) is 2.81. The van der Waals surface area contributed by atoms with Crippen LogP contribution in [0.3, 0.4) is 0 Å². The number of nitrogens with zero attached hydrogens (tertiary/aromatic N) is 2. The molecule has 0 amide bonds. The Balaban J connectivity index is 2.23. The van der Waals surface area contributed by atoms with Crippen molar-refractivity contribution in [2.75, 3.05) is 0 Å². The molecule has 3 rings (SSSR count). The lowest BCUT2D eigenvalue weighted by atomic mass is 9.91. The SMILES string of the molecule is CC(C)(C)C(=O)/C=c1\s/c(=C/c2cccc(F)c2)c(=O)n1Cc1ccccc1C#N. The minimum absolute atomic E-state index is 0.108. The van der Waals surface area contributed by atoms with Gasteiger partial charge in [-0.2, -0.15) is 5.26 Å². The summed E-state index contributed by atoms with van der Waals surface area (Å²) in [6.07, 6.45) is 3.09. The van der Waals surface area contributed by atoms with E-state index in [4.69, 9.17) is 0 Å². The first-order chi connectivity index (χ1) is 14.2. The number of halogens is 1. The van der Waals surface area contributed by atoms with Crippen LogP contribution in [0.25, 0.3) is 12.2 Å². The lowest BCUT2D eigenvalue weighted by Gasteiger charge is -2.13. The predicted molar refractivity (Wildman–Crippen MR) is 117 cm³/mol. The molecule has 0 fully saturated rings. The maximum absolute atomic E-state index is 13.5. The molecule has 152 valence electrons. The summed E-state index contributed by atoms with van der Waals surface area (Å²) in [5.41, 5.74) is 0.841. The van der Waals surface area contributed by atoms with Gasteiger partial charge < -0.3 is 0 Å². The van der Waals surface area contributed by atoms with Crippen molar-refractivity contribution in [1.29, 1.82) is 5.26 Å². The third kappa shape index (κ3) is 4.81. The third-order valence-electron chi connectivity index (χ3n) is 4.54. The molecule has 4 nitrogen and oxygen atoms in total. The molecule has 0 bridgehead atoms. The number of ketones is 1. The highest BCUT2D eigenvalue weighted by atomic mass is 32.1. The number of thiazole rings is 1. The molecule has 0 aliphatic carbocycles. The summed E-state index contributed by atoms with van der Waals surface area (Å²) >= 11 is 1.18. The molecule has 1 heterocycles. The Morgan fingerprint density at radius 3 is 2.60 bits per heavy atom. The quantitative estimate of drug-likeness (QED) is 0.651. The van der Waals surface area contributed by atoms with Gasteiger partial charge >= 0.3 is 0 Å².